The van der Waals surface area contributed by atoms with Crippen LogP contribution in [0.1, 0.15) is 6.92 Å². The molecule has 30 heavy (non-hydrogen) atoms. The van der Waals surface area contributed by atoms with Crippen LogP contribution in [0.5, 0.6) is 0 Å². The van der Waals surface area contributed by atoms with Gasteiger partial charge in [0.1, 0.15) is 45.8 Å². The number of carbonyl (C=O) groups excluding carboxylic acids is 2. The maximum atomic E-state index is 12.6. The molecule has 1 saturated heterocycles. The van der Waals surface area contributed by atoms with Crippen molar-refractivity contribution in [1.82, 2.24) is 30.4 Å². The third-order valence-electron chi connectivity index (χ3n) is 4.33. The quantitative estimate of drug-likeness (QED) is 0.471. The summed E-state index contributed by atoms with van der Waals surface area (Å²) in [6, 6.07) is -0.828. The molecule has 2 N–H and O–H groups in total. The van der Waals surface area contributed by atoms with Gasteiger partial charge in [-0.3, -0.25) is 14.5 Å². The Morgan fingerprint density at radius 1 is 1.43 bits per heavy atom. The molecule has 0 radical (unpaired) electrons. The van der Waals surface area contributed by atoms with Crippen molar-refractivity contribution in [3.8, 4) is 0 Å². The minimum atomic E-state index is -1.42. The van der Waals surface area contributed by atoms with Crippen molar-refractivity contribution in [3.63, 3.8) is 0 Å². The molecule has 3 aliphatic heterocycles. The Morgan fingerprint density at radius 3 is 2.87 bits per heavy atom. The van der Waals surface area contributed by atoms with E-state index < -0.39 is 40.0 Å². The second-order valence-electron chi connectivity index (χ2n) is 6.26. The molecule has 3 atom stereocenters. The van der Waals surface area contributed by atoms with Crippen LogP contribution in [0.4, 0.5) is 0 Å². The summed E-state index contributed by atoms with van der Waals surface area (Å²) in [6.07, 6.45) is 1.27. The van der Waals surface area contributed by atoms with Gasteiger partial charge < -0.3 is 10.4 Å². The van der Waals surface area contributed by atoms with E-state index in [1.165, 1.54) is 27.7 Å². The van der Waals surface area contributed by atoms with Crippen molar-refractivity contribution in [2.24, 2.45) is 10.2 Å². The number of β-lactam (4-membered cyclic amide) rings is 1. The van der Waals surface area contributed by atoms with Gasteiger partial charge in [-0.05, 0) is 22.9 Å². The average molecular weight is 471 g/mol. The lowest BCUT2D eigenvalue weighted by molar-refractivity contribution is -0.150. The first-order chi connectivity index (χ1) is 14.4. The van der Waals surface area contributed by atoms with Gasteiger partial charge in [0.2, 0.25) is 5.91 Å². The number of aliphatic carboxylic acids is 1. The monoisotopic (exact) mass is 470 g/mol. The lowest BCUT2D eigenvalue weighted by Crippen LogP contribution is -2.70. The van der Waals surface area contributed by atoms with Crippen LogP contribution < -0.4 is 5.32 Å². The lowest BCUT2D eigenvalue weighted by atomic mass is 10.0. The van der Waals surface area contributed by atoms with Gasteiger partial charge in [0, 0.05) is 11.5 Å². The minimum absolute atomic E-state index is 0.107. The predicted molar refractivity (Wildman–Crippen MR) is 109 cm³/mol. The molecule has 1 unspecified atom stereocenters. The summed E-state index contributed by atoms with van der Waals surface area (Å²) in [6.45, 7) is 1.45. The number of tetrazole rings is 1. The zero-order valence-corrected chi connectivity index (χ0v) is 17.7. The summed E-state index contributed by atoms with van der Waals surface area (Å²) in [7, 11) is -1.42. The Labute approximate surface area is 179 Å². The predicted octanol–water partition coefficient (Wildman–Crippen LogP) is -1.40. The molecule has 1 fully saturated rings. The molecular formula is C14H14N8O5S3. The van der Waals surface area contributed by atoms with Crippen LogP contribution in [0.25, 0.3) is 0 Å². The molecule has 0 saturated carbocycles. The highest BCUT2D eigenvalue weighted by atomic mass is 32.2. The van der Waals surface area contributed by atoms with Crippen molar-refractivity contribution in [1.29, 1.82) is 0 Å². The molecule has 0 aliphatic carbocycles. The molecule has 0 spiro atoms. The highest BCUT2D eigenvalue weighted by Crippen LogP contribution is 2.41. The maximum absolute atomic E-state index is 12.6. The van der Waals surface area contributed by atoms with Gasteiger partial charge >= 0.3 is 5.97 Å². The number of carbonyl (C=O) groups is 3. The topological polar surface area (TPSA) is 172 Å². The number of carboxylic acid groups (broad SMARTS) is 1. The number of fused-ring (bicyclic) bond motifs is 1. The largest absolute Gasteiger partial charge is 0.477 e. The third kappa shape index (κ3) is 3.77. The van der Waals surface area contributed by atoms with Crippen LogP contribution in [0, 0.1) is 0 Å². The summed E-state index contributed by atoms with van der Waals surface area (Å²) in [5.74, 6) is -1.63. The molecule has 0 bridgehead atoms. The Hall–Kier alpha value is -2.59. The van der Waals surface area contributed by atoms with Crippen molar-refractivity contribution in [3.05, 3.63) is 17.6 Å². The number of aromatic nitrogens is 4. The van der Waals surface area contributed by atoms with Crippen LogP contribution in [0.3, 0.4) is 0 Å². The number of hydrogen-bond acceptors (Lipinski definition) is 11. The van der Waals surface area contributed by atoms with Crippen LogP contribution in [-0.4, -0.2) is 84.5 Å². The Kier molecular flexibility index (Phi) is 5.70. The van der Waals surface area contributed by atoms with Crippen molar-refractivity contribution in [2.45, 2.75) is 24.9 Å². The number of nitrogens with one attached hydrogen (secondary N) is 1. The Balaban J connectivity index is 1.43. The first-order valence-electron chi connectivity index (χ1n) is 8.43. The molecule has 0 aromatic carbocycles. The first-order valence-corrected chi connectivity index (χ1v) is 11.6. The van der Waals surface area contributed by atoms with Crippen LogP contribution in [0.15, 0.2) is 27.8 Å². The van der Waals surface area contributed by atoms with Crippen molar-refractivity contribution < 1.29 is 23.7 Å². The van der Waals surface area contributed by atoms with Crippen molar-refractivity contribution in [2.75, 3.05) is 11.5 Å². The molecule has 13 nitrogen and oxygen atoms in total. The van der Waals surface area contributed by atoms with Crippen LogP contribution in [0.2, 0.25) is 0 Å². The van der Waals surface area contributed by atoms with Crippen LogP contribution in [-0.2, 0) is 31.7 Å². The molecule has 4 rings (SSSR count). The van der Waals surface area contributed by atoms with E-state index in [4.69, 9.17) is 0 Å². The smallest absolute Gasteiger partial charge is 0.352 e. The van der Waals surface area contributed by atoms with Crippen LogP contribution >= 0.6 is 23.5 Å². The zero-order valence-electron chi connectivity index (χ0n) is 15.3. The fraction of sp³-hybridized carbons (Fsp3) is 0.429. The van der Waals surface area contributed by atoms with Gasteiger partial charge in [-0.2, -0.15) is 0 Å². The summed E-state index contributed by atoms with van der Waals surface area (Å²) in [5, 5.41) is 30.2. The normalized spacial score (nSPS) is 25.4. The number of carboxylic acids is 1. The molecule has 16 heteroatoms. The third-order valence-corrected chi connectivity index (χ3v) is 8.32. The van der Waals surface area contributed by atoms with E-state index >= 15 is 0 Å². The van der Waals surface area contributed by atoms with Gasteiger partial charge in [0.05, 0.1) is 0 Å². The fourth-order valence-electron chi connectivity index (χ4n) is 2.96. The molecule has 4 heterocycles. The number of amides is 2. The highest BCUT2D eigenvalue weighted by molar-refractivity contribution is 8.38. The van der Waals surface area contributed by atoms with E-state index in [0.717, 1.165) is 11.8 Å². The number of thioether (sulfide) groups is 2. The maximum Gasteiger partial charge on any atom is 0.352 e. The molecular weight excluding hydrogens is 456 g/mol. The Morgan fingerprint density at radius 2 is 2.23 bits per heavy atom. The summed E-state index contributed by atoms with van der Waals surface area (Å²) < 4.78 is 13.5. The van der Waals surface area contributed by atoms with E-state index in [1.54, 1.807) is 6.92 Å². The zero-order chi connectivity index (χ0) is 21.4. The second-order valence-corrected chi connectivity index (χ2v) is 10.1. The average Bonchev–Trinajstić information content (AvgIpc) is 3.34. The van der Waals surface area contributed by atoms with Crippen molar-refractivity contribution >= 4 is 61.5 Å². The molecule has 158 valence electrons. The summed E-state index contributed by atoms with van der Waals surface area (Å²) in [4.78, 5) is 37.8. The number of hydrogen-bond donors (Lipinski definition) is 2. The minimum Gasteiger partial charge on any atom is -0.477 e. The van der Waals surface area contributed by atoms with Gasteiger partial charge in [-0.1, -0.05) is 11.8 Å². The number of nitrogens with zero attached hydrogens (tertiary/aromatic N) is 7. The fourth-order valence-corrected chi connectivity index (χ4v) is 6.52. The summed E-state index contributed by atoms with van der Waals surface area (Å²) >= 11 is 2.49. The van der Waals surface area contributed by atoms with E-state index in [9.17, 15) is 23.7 Å². The van der Waals surface area contributed by atoms with Gasteiger partial charge in [0.15, 0.2) is 4.38 Å². The second kappa shape index (κ2) is 8.27. The highest BCUT2D eigenvalue weighted by Gasteiger charge is 2.54. The summed E-state index contributed by atoms with van der Waals surface area (Å²) in [5.41, 5.74) is 0.411. The lowest BCUT2D eigenvalue weighted by Gasteiger charge is -2.49. The van der Waals surface area contributed by atoms with E-state index in [2.05, 4.69) is 31.0 Å². The van der Waals surface area contributed by atoms with E-state index in [0.29, 0.717) is 20.7 Å². The molecule has 3 aliphatic rings. The first kappa shape index (κ1) is 20.7. The molecule has 1 aromatic rings. The number of rotatable bonds is 6. The van der Waals surface area contributed by atoms with E-state index in [1.807, 2.05) is 0 Å². The standard InChI is InChI=1S/C14H14N8O5S3/c1-6-17-18-14(30(6)27)29-4-7-3-28-12-9(11(24)22(12)10(7)13(25)26)16-8(23)2-21-5-15-19-20-21/h5,9,12H,2-4H2,1H3,(H,16,23)(H,25,26)/t9-,12-,30?/m1/s1. The Bertz CT molecular complexity index is 1040. The van der Waals surface area contributed by atoms with E-state index in [-0.39, 0.29) is 18.0 Å². The SMILES string of the molecule is CC1=NN=C(SCC2=C(C(=O)O)N3C(=O)[C@@H](NC(=O)Cn4cnnn4)[C@H]3SC2)S1=O. The van der Waals surface area contributed by atoms with Gasteiger partial charge in [-0.15, -0.1) is 27.1 Å². The van der Waals surface area contributed by atoms with Gasteiger partial charge in [0.25, 0.3) is 5.91 Å². The molecule has 1 aromatic heterocycles. The molecule has 2 amide bonds. The van der Waals surface area contributed by atoms with Gasteiger partial charge in [-0.25, -0.2) is 13.7 Å².